The molecule has 0 aliphatic heterocycles. The van der Waals surface area contributed by atoms with Crippen molar-refractivity contribution in [2.24, 2.45) is 0 Å². The maximum absolute atomic E-state index is 13.8. The maximum atomic E-state index is 13.8. The van der Waals surface area contributed by atoms with Gasteiger partial charge in [0.25, 0.3) is 0 Å². The van der Waals surface area contributed by atoms with Gasteiger partial charge in [0.1, 0.15) is 10.6 Å². The third-order valence-electron chi connectivity index (χ3n) is 4.44. The molecule has 1 aromatic carbocycles. The molecule has 1 heterocycles. The van der Waals surface area contributed by atoms with Crippen LogP contribution < -0.4 is 0 Å². The molecular weight excluding hydrogens is 369 g/mol. The number of carbonyl (C=O) groups excluding carboxylic acids is 1. The number of hydrogen-bond donors (Lipinski definition) is 0. The minimum atomic E-state index is -4.02. The predicted octanol–water partition coefficient (Wildman–Crippen LogP) is 3.97. The van der Waals surface area contributed by atoms with Crippen LogP contribution in [-0.2, 0) is 19.6 Å². The van der Waals surface area contributed by atoms with E-state index in [4.69, 9.17) is 4.74 Å². The van der Waals surface area contributed by atoms with Crippen molar-refractivity contribution in [1.29, 1.82) is 0 Å². The number of para-hydroxylation sites is 1. The van der Waals surface area contributed by atoms with Crippen molar-refractivity contribution >= 4 is 33.0 Å². The van der Waals surface area contributed by atoms with E-state index in [1.165, 1.54) is 35.2 Å². The second kappa shape index (κ2) is 7.15. The van der Waals surface area contributed by atoms with Gasteiger partial charge in [0.2, 0.25) is 10.0 Å². The SMILES string of the molecule is CCOC(=O)/C=C/c1cc2ccccc2n1S(=O)(=O)C1(C)C=C(F)C=CC1. The second-order valence-corrected chi connectivity index (χ2v) is 8.68. The molecule has 27 heavy (non-hydrogen) atoms. The number of benzene rings is 1. The molecule has 0 fully saturated rings. The Kier molecular flexibility index (Phi) is 5.06. The molecule has 1 aliphatic carbocycles. The van der Waals surface area contributed by atoms with Gasteiger partial charge in [0.15, 0.2) is 0 Å². The Morgan fingerprint density at radius 2 is 2.11 bits per heavy atom. The quantitative estimate of drug-likeness (QED) is 0.573. The molecule has 142 valence electrons. The Balaban J connectivity index is 2.19. The molecule has 1 unspecified atom stereocenters. The van der Waals surface area contributed by atoms with Crippen molar-refractivity contribution in [3.05, 3.63) is 66.2 Å². The van der Waals surface area contributed by atoms with E-state index < -0.39 is 26.6 Å². The highest BCUT2D eigenvalue weighted by atomic mass is 32.2. The highest BCUT2D eigenvalue weighted by Gasteiger charge is 2.41. The van der Waals surface area contributed by atoms with Gasteiger partial charge in [0, 0.05) is 11.5 Å². The molecule has 1 aromatic heterocycles. The lowest BCUT2D eigenvalue weighted by Crippen LogP contribution is -2.38. The van der Waals surface area contributed by atoms with Crippen LogP contribution in [0.2, 0.25) is 0 Å². The Morgan fingerprint density at radius 3 is 2.81 bits per heavy atom. The van der Waals surface area contributed by atoms with E-state index in [1.54, 1.807) is 37.3 Å². The Morgan fingerprint density at radius 1 is 1.37 bits per heavy atom. The molecule has 0 saturated carbocycles. The summed E-state index contributed by atoms with van der Waals surface area (Å²) >= 11 is 0. The fourth-order valence-corrected chi connectivity index (χ4v) is 4.87. The highest BCUT2D eigenvalue weighted by Crippen LogP contribution is 2.35. The number of esters is 1. The normalized spacial score (nSPS) is 20.2. The molecule has 1 atom stereocenters. The van der Waals surface area contributed by atoms with Crippen LogP contribution >= 0.6 is 0 Å². The zero-order valence-corrected chi connectivity index (χ0v) is 15.9. The number of rotatable bonds is 5. The predicted molar refractivity (Wildman–Crippen MR) is 103 cm³/mol. The number of allylic oxidation sites excluding steroid dienone is 3. The van der Waals surface area contributed by atoms with Crippen LogP contribution in [-0.4, -0.2) is 29.7 Å². The minimum absolute atomic E-state index is 0.149. The fraction of sp³-hybridized carbons (Fsp3) is 0.250. The third-order valence-corrected chi connectivity index (χ3v) is 6.79. The first-order valence-corrected chi connectivity index (χ1v) is 9.98. The second-order valence-electron chi connectivity index (χ2n) is 6.43. The smallest absolute Gasteiger partial charge is 0.330 e. The van der Waals surface area contributed by atoms with Crippen LogP contribution in [0, 0.1) is 0 Å². The van der Waals surface area contributed by atoms with Gasteiger partial charge in [-0.3, -0.25) is 0 Å². The molecule has 1 aliphatic rings. The number of fused-ring (bicyclic) bond motifs is 1. The van der Waals surface area contributed by atoms with Gasteiger partial charge in [-0.05, 0) is 50.6 Å². The Hall–Kier alpha value is -2.67. The highest BCUT2D eigenvalue weighted by molar-refractivity contribution is 7.91. The summed E-state index contributed by atoms with van der Waals surface area (Å²) < 4.78 is 45.4. The van der Waals surface area contributed by atoms with Crippen molar-refractivity contribution < 1.29 is 22.3 Å². The lowest BCUT2D eigenvalue weighted by Gasteiger charge is -2.28. The van der Waals surface area contributed by atoms with Gasteiger partial charge >= 0.3 is 5.97 Å². The largest absolute Gasteiger partial charge is 0.463 e. The van der Waals surface area contributed by atoms with E-state index in [1.807, 2.05) is 0 Å². The van der Waals surface area contributed by atoms with E-state index in [2.05, 4.69) is 0 Å². The summed E-state index contributed by atoms with van der Waals surface area (Å²) in [6.07, 6.45) is 6.62. The van der Waals surface area contributed by atoms with E-state index in [0.29, 0.717) is 16.6 Å². The minimum Gasteiger partial charge on any atom is -0.463 e. The van der Waals surface area contributed by atoms with Gasteiger partial charge < -0.3 is 4.74 Å². The van der Waals surface area contributed by atoms with E-state index in [0.717, 1.165) is 6.08 Å². The van der Waals surface area contributed by atoms with Crippen molar-refractivity contribution in [3.63, 3.8) is 0 Å². The van der Waals surface area contributed by atoms with Crippen LogP contribution in [0.4, 0.5) is 4.39 Å². The van der Waals surface area contributed by atoms with Gasteiger partial charge in [-0.15, -0.1) is 0 Å². The van der Waals surface area contributed by atoms with Crippen LogP contribution in [0.3, 0.4) is 0 Å². The number of nitrogens with zero attached hydrogens (tertiary/aromatic N) is 1. The van der Waals surface area contributed by atoms with Crippen molar-refractivity contribution in [2.75, 3.05) is 6.61 Å². The maximum Gasteiger partial charge on any atom is 0.330 e. The molecule has 0 radical (unpaired) electrons. The molecule has 0 bridgehead atoms. The monoisotopic (exact) mass is 389 g/mol. The summed E-state index contributed by atoms with van der Waals surface area (Å²) in [4.78, 5) is 11.7. The number of carbonyl (C=O) groups is 1. The molecule has 5 nitrogen and oxygen atoms in total. The van der Waals surface area contributed by atoms with Crippen molar-refractivity contribution in [2.45, 2.75) is 25.0 Å². The van der Waals surface area contributed by atoms with E-state index in [9.17, 15) is 17.6 Å². The van der Waals surface area contributed by atoms with Gasteiger partial charge in [0.05, 0.1) is 17.8 Å². The zero-order valence-electron chi connectivity index (χ0n) is 15.1. The van der Waals surface area contributed by atoms with Crippen LogP contribution in [0.15, 0.2) is 60.5 Å². The average Bonchev–Trinajstić information content (AvgIpc) is 2.99. The first-order chi connectivity index (χ1) is 12.8. The topological polar surface area (TPSA) is 65.4 Å². The summed E-state index contributed by atoms with van der Waals surface area (Å²) in [5.74, 6) is -1.16. The van der Waals surface area contributed by atoms with Gasteiger partial charge in [-0.25, -0.2) is 21.6 Å². The molecule has 7 heteroatoms. The lowest BCUT2D eigenvalue weighted by atomic mass is 10.0. The Bertz CT molecular complexity index is 1080. The molecule has 2 aromatic rings. The fourth-order valence-electron chi connectivity index (χ4n) is 3.07. The van der Waals surface area contributed by atoms with Crippen molar-refractivity contribution in [3.8, 4) is 0 Å². The molecular formula is C20H20FNO4S. The van der Waals surface area contributed by atoms with Gasteiger partial charge in [-0.1, -0.05) is 24.3 Å². The number of ether oxygens (including phenoxy) is 1. The molecule has 0 N–H and O–H groups in total. The summed E-state index contributed by atoms with van der Waals surface area (Å²) in [6.45, 7) is 3.39. The third kappa shape index (κ3) is 3.47. The average molecular weight is 389 g/mol. The standard InChI is InChI=1S/C20H20FNO4S/c1-3-26-19(23)11-10-17-13-15-7-4-5-9-18(15)22(17)27(24,25)20(2)12-6-8-16(21)14-20/h4-11,13-14H,3,12H2,1-2H3/b11-10+. The first kappa shape index (κ1) is 19.1. The zero-order chi connectivity index (χ0) is 19.7. The first-order valence-electron chi connectivity index (χ1n) is 8.54. The summed E-state index contributed by atoms with van der Waals surface area (Å²) in [7, 11) is -4.02. The molecule has 0 amide bonds. The van der Waals surface area contributed by atoms with Crippen molar-refractivity contribution in [1.82, 2.24) is 3.97 Å². The van der Waals surface area contributed by atoms with Crippen LogP contribution in [0.5, 0.6) is 0 Å². The Labute approximate surface area is 157 Å². The number of hydrogen-bond acceptors (Lipinski definition) is 4. The summed E-state index contributed by atoms with van der Waals surface area (Å²) in [5.41, 5.74) is 0.763. The molecule has 0 spiro atoms. The summed E-state index contributed by atoms with van der Waals surface area (Å²) in [6, 6.07) is 8.65. The van der Waals surface area contributed by atoms with Crippen LogP contribution in [0.1, 0.15) is 26.0 Å². The van der Waals surface area contributed by atoms with E-state index in [-0.39, 0.29) is 13.0 Å². The number of aromatic nitrogens is 1. The lowest BCUT2D eigenvalue weighted by molar-refractivity contribution is -0.137. The summed E-state index contributed by atoms with van der Waals surface area (Å²) in [5, 5.41) is 0.698. The molecule has 3 rings (SSSR count). The van der Waals surface area contributed by atoms with E-state index >= 15 is 0 Å². The molecule has 0 saturated heterocycles. The van der Waals surface area contributed by atoms with Crippen LogP contribution in [0.25, 0.3) is 17.0 Å². The van der Waals surface area contributed by atoms with Gasteiger partial charge in [-0.2, -0.15) is 0 Å². The number of halogens is 1.